The Morgan fingerprint density at radius 1 is 1.22 bits per heavy atom. The molecule has 0 atom stereocenters. The molecule has 0 aromatic carbocycles. The van der Waals surface area contributed by atoms with E-state index in [-0.39, 0.29) is 5.41 Å². The average Bonchev–Trinajstić information content (AvgIpc) is 2.51. The standard InChI is InChI=1S/C15H21N3/c1-14(2)7-11-13(15(3,4)9-14)18-8-10(16)5-6-12(18)17-11/h5-6,8H,7,9,16H2,1-4H3. The van der Waals surface area contributed by atoms with Crippen LogP contribution in [0.4, 0.5) is 5.69 Å². The number of hydrogen-bond acceptors (Lipinski definition) is 2. The smallest absolute Gasteiger partial charge is 0.137 e. The molecule has 3 nitrogen and oxygen atoms in total. The van der Waals surface area contributed by atoms with Crippen molar-refractivity contribution in [2.45, 2.75) is 46.0 Å². The topological polar surface area (TPSA) is 43.3 Å². The maximum atomic E-state index is 5.91. The number of aromatic nitrogens is 2. The molecule has 0 bridgehead atoms. The average molecular weight is 243 g/mol. The second-order valence-electron chi connectivity index (χ2n) is 7.00. The van der Waals surface area contributed by atoms with Crippen LogP contribution in [0.15, 0.2) is 18.3 Å². The molecule has 2 heterocycles. The van der Waals surface area contributed by atoms with Crippen molar-refractivity contribution >= 4 is 11.3 Å². The number of imidazole rings is 1. The van der Waals surface area contributed by atoms with Gasteiger partial charge in [0.2, 0.25) is 0 Å². The summed E-state index contributed by atoms with van der Waals surface area (Å²) in [5.41, 5.74) is 10.8. The van der Waals surface area contributed by atoms with Gasteiger partial charge < -0.3 is 10.1 Å². The minimum absolute atomic E-state index is 0.143. The molecule has 3 rings (SSSR count). The first-order valence-corrected chi connectivity index (χ1v) is 6.55. The van der Waals surface area contributed by atoms with Crippen molar-refractivity contribution in [2.75, 3.05) is 5.73 Å². The van der Waals surface area contributed by atoms with Crippen LogP contribution >= 0.6 is 0 Å². The van der Waals surface area contributed by atoms with E-state index in [4.69, 9.17) is 10.7 Å². The van der Waals surface area contributed by atoms with Gasteiger partial charge in [0.15, 0.2) is 0 Å². The van der Waals surface area contributed by atoms with Crippen molar-refractivity contribution in [3.63, 3.8) is 0 Å². The first-order chi connectivity index (χ1) is 8.28. The molecule has 0 unspecified atom stereocenters. The second-order valence-corrected chi connectivity index (χ2v) is 7.00. The lowest BCUT2D eigenvalue weighted by molar-refractivity contribution is 0.224. The summed E-state index contributed by atoms with van der Waals surface area (Å²) in [4.78, 5) is 4.79. The van der Waals surface area contributed by atoms with Crippen LogP contribution in [0.25, 0.3) is 5.65 Å². The number of hydrogen-bond donors (Lipinski definition) is 1. The Balaban J connectivity index is 2.32. The lowest BCUT2D eigenvalue weighted by Gasteiger charge is -2.40. The molecule has 0 fully saturated rings. The zero-order valence-electron chi connectivity index (χ0n) is 11.6. The molecule has 96 valence electrons. The van der Waals surface area contributed by atoms with Gasteiger partial charge in [0, 0.05) is 17.3 Å². The van der Waals surface area contributed by atoms with Crippen LogP contribution in [0.2, 0.25) is 0 Å². The first-order valence-electron chi connectivity index (χ1n) is 6.55. The Hall–Kier alpha value is -1.51. The van der Waals surface area contributed by atoms with Gasteiger partial charge >= 0.3 is 0 Å². The molecule has 0 saturated carbocycles. The Kier molecular flexibility index (Phi) is 2.11. The van der Waals surface area contributed by atoms with Crippen LogP contribution in [0.5, 0.6) is 0 Å². The summed E-state index contributed by atoms with van der Waals surface area (Å²) < 4.78 is 2.18. The van der Waals surface area contributed by atoms with E-state index in [9.17, 15) is 0 Å². The Morgan fingerprint density at radius 2 is 1.94 bits per heavy atom. The predicted molar refractivity (Wildman–Crippen MR) is 74.7 cm³/mol. The summed E-state index contributed by atoms with van der Waals surface area (Å²) in [5.74, 6) is 0. The number of pyridine rings is 1. The van der Waals surface area contributed by atoms with Crippen LogP contribution in [0.1, 0.15) is 45.5 Å². The van der Waals surface area contributed by atoms with Crippen molar-refractivity contribution < 1.29 is 0 Å². The van der Waals surface area contributed by atoms with E-state index in [0.29, 0.717) is 5.41 Å². The molecule has 0 saturated heterocycles. The molecule has 0 radical (unpaired) electrons. The zero-order valence-corrected chi connectivity index (χ0v) is 11.6. The fraction of sp³-hybridized carbons (Fsp3) is 0.533. The number of nitrogens with zero attached hydrogens (tertiary/aromatic N) is 2. The van der Waals surface area contributed by atoms with E-state index < -0.39 is 0 Å². The van der Waals surface area contributed by atoms with E-state index >= 15 is 0 Å². The molecule has 2 N–H and O–H groups in total. The Labute approximate surface area is 108 Å². The van der Waals surface area contributed by atoms with Gasteiger partial charge in [0.1, 0.15) is 5.65 Å². The number of nitrogens with two attached hydrogens (primary N) is 1. The van der Waals surface area contributed by atoms with Crippen LogP contribution in [0.3, 0.4) is 0 Å². The zero-order chi connectivity index (χ0) is 13.1. The van der Waals surface area contributed by atoms with Crippen LogP contribution in [-0.4, -0.2) is 9.38 Å². The molecule has 2 aromatic heterocycles. The molecular formula is C15H21N3. The molecule has 2 aromatic rings. The second kappa shape index (κ2) is 3.28. The molecule has 0 spiro atoms. The normalized spacial score (nSPS) is 20.9. The fourth-order valence-corrected chi connectivity index (χ4v) is 3.75. The highest BCUT2D eigenvalue weighted by molar-refractivity contribution is 5.52. The van der Waals surface area contributed by atoms with Gasteiger partial charge in [0.25, 0.3) is 0 Å². The Bertz CT molecular complexity index is 620. The third-order valence-electron chi connectivity index (χ3n) is 3.92. The van der Waals surface area contributed by atoms with Gasteiger partial charge in [-0.05, 0) is 30.4 Å². The number of nitrogen functional groups attached to an aromatic ring is 1. The third-order valence-corrected chi connectivity index (χ3v) is 3.92. The monoisotopic (exact) mass is 243 g/mol. The summed E-state index contributed by atoms with van der Waals surface area (Å²) in [7, 11) is 0. The minimum atomic E-state index is 0.143. The highest BCUT2D eigenvalue weighted by Crippen LogP contribution is 2.45. The number of anilines is 1. The maximum Gasteiger partial charge on any atom is 0.137 e. The number of rotatable bonds is 0. The van der Waals surface area contributed by atoms with E-state index in [1.54, 1.807) is 0 Å². The molecule has 18 heavy (non-hydrogen) atoms. The van der Waals surface area contributed by atoms with Crippen molar-refractivity contribution in [2.24, 2.45) is 5.41 Å². The van der Waals surface area contributed by atoms with Gasteiger partial charge in [-0.1, -0.05) is 27.7 Å². The largest absolute Gasteiger partial charge is 0.398 e. The quantitative estimate of drug-likeness (QED) is 0.772. The lowest BCUT2D eigenvalue weighted by atomic mass is 9.66. The van der Waals surface area contributed by atoms with Crippen molar-refractivity contribution in [1.82, 2.24) is 9.38 Å². The van der Waals surface area contributed by atoms with Gasteiger partial charge in [-0.3, -0.25) is 0 Å². The lowest BCUT2D eigenvalue weighted by Crippen LogP contribution is -2.35. The predicted octanol–water partition coefficient (Wildman–Crippen LogP) is 3.17. The highest BCUT2D eigenvalue weighted by Gasteiger charge is 2.40. The summed E-state index contributed by atoms with van der Waals surface area (Å²) in [6, 6.07) is 3.93. The minimum Gasteiger partial charge on any atom is -0.398 e. The van der Waals surface area contributed by atoms with Gasteiger partial charge in [0.05, 0.1) is 11.4 Å². The van der Waals surface area contributed by atoms with Crippen molar-refractivity contribution in [1.29, 1.82) is 0 Å². The molecule has 0 amide bonds. The van der Waals surface area contributed by atoms with E-state index in [1.165, 1.54) is 17.8 Å². The van der Waals surface area contributed by atoms with Crippen LogP contribution < -0.4 is 5.73 Å². The molecule has 1 aliphatic rings. The molecular weight excluding hydrogens is 222 g/mol. The Morgan fingerprint density at radius 3 is 2.67 bits per heavy atom. The summed E-state index contributed by atoms with van der Waals surface area (Å²) in [5, 5.41) is 0. The van der Waals surface area contributed by atoms with Crippen molar-refractivity contribution in [3.05, 3.63) is 29.7 Å². The summed E-state index contributed by atoms with van der Waals surface area (Å²) >= 11 is 0. The summed E-state index contributed by atoms with van der Waals surface area (Å²) in [6.07, 6.45) is 4.23. The number of fused-ring (bicyclic) bond motifs is 3. The van der Waals surface area contributed by atoms with E-state index in [1.807, 2.05) is 18.3 Å². The molecule has 3 heteroatoms. The summed E-state index contributed by atoms with van der Waals surface area (Å²) in [6.45, 7) is 9.28. The maximum absolute atomic E-state index is 5.91. The van der Waals surface area contributed by atoms with Gasteiger partial charge in [-0.2, -0.15) is 0 Å². The fourth-order valence-electron chi connectivity index (χ4n) is 3.75. The van der Waals surface area contributed by atoms with Gasteiger partial charge in [-0.15, -0.1) is 0 Å². The SMILES string of the molecule is CC1(C)Cc2nc3ccc(N)cn3c2C(C)(C)C1. The van der Waals surface area contributed by atoms with Crippen LogP contribution in [-0.2, 0) is 11.8 Å². The molecule has 0 aliphatic heterocycles. The van der Waals surface area contributed by atoms with Gasteiger partial charge in [-0.25, -0.2) is 4.98 Å². The van der Waals surface area contributed by atoms with E-state index in [0.717, 1.165) is 17.8 Å². The van der Waals surface area contributed by atoms with Crippen LogP contribution in [0, 0.1) is 5.41 Å². The highest BCUT2D eigenvalue weighted by atomic mass is 15.0. The van der Waals surface area contributed by atoms with E-state index in [2.05, 4.69) is 32.1 Å². The molecule has 1 aliphatic carbocycles. The van der Waals surface area contributed by atoms with Crippen molar-refractivity contribution in [3.8, 4) is 0 Å². The third kappa shape index (κ3) is 1.61. The first kappa shape index (κ1) is 11.6.